The number of carboxylic acid groups (broad SMARTS) is 1. The Morgan fingerprint density at radius 1 is 1.22 bits per heavy atom. The first-order valence-corrected chi connectivity index (χ1v) is 8.98. The van der Waals surface area contributed by atoms with Crippen LogP contribution >= 0.6 is 0 Å². The molecule has 0 aromatic heterocycles. The summed E-state index contributed by atoms with van der Waals surface area (Å²) in [5.41, 5.74) is -1.44. The number of aliphatic carboxylic acids is 1. The molecule has 0 aromatic rings. The third-order valence-corrected chi connectivity index (χ3v) is 5.77. The van der Waals surface area contributed by atoms with E-state index in [-0.39, 0.29) is 12.5 Å². The number of nitrogens with one attached hydrogen (secondary N) is 1. The minimum atomic E-state index is -2.95. The van der Waals surface area contributed by atoms with Gasteiger partial charge >= 0.3 is 12.1 Å². The molecule has 0 rings (SSSR count). The topological polar surface area (TPSA) is 156 Å². The molecule has 3 atom stereocenters. The highest BCUT2D eigenvalue weighted by Gasteiger charge is 2.37. The number of hydrogen-bond donors (Lipinski definition) is 2. The summed E-state index contributed by atoms with van der Waals surface area (Å²) in [6.45, 7) is 6.26. The van der Waals surface area contributed by atoms with Crippen molar-refractivity contribution < 1.29 is 37.0 Å². The van der Waals surface area contributed by atoms with Crippen molar-refractivity contribution in [3.8, 4) is 0 Å². The number of carbonyl (C=O) groups is 2. The lowest BCUT2D eigenvalue weighted by molar-refractivity contribution is -0.140. The molecule has 0 aromatic carbocycles. The highest BCUT2D eigenvalue weighted by molar-refractivity contribution is 7.97. The molecule has 0 spiro atoms. The second-order valence-corrected chi connectivity index (χ2v) is 8.36. The van der Waals surface area contributed by atoms with Gasteiger partial charge in [-0.2, -0.15) is 0 Å². The quantitative estimate of drug-likeness (QED) is 0.549. The zero-order valence-electron chi connectivity index (χ0n) is 13.3. The summed E-state index contributed by atoms with van der Waals surface area (Å²) < 4.78 is 47.3. The number of hydrogen-bond acceptors (Lipinski definition) is 7. The molecular formula is C12H21NO8S2-2. The zero-order chi connectivity index (χ0) is 18.4. The van der Waals surface area contributed by atoms with Gasteiger partial charge in [-0.3, -0.25) is 8.42 Å². The second kappa shape index (κ2) is 9.30. The van der Waals surface area contributed by atoms with Crippen molar-refractivity contribution >= 4 is 34.2 Å². The fourth-order valence-electron chi connectivity index (χ4n) is 1.83. The molecule has 11 heteroatoms. The number of carbonyl (C=O) groups excluding carboxylic acids is 1. The van der Waals surface area contributed by atoms with Gasteiger partial charge in [0.15, 0.2) is 0 Å². The Labute approximate surface area is 139 Å². The predicted molar refractivity (Wildman–Crippen MR) is 80.8 cm³/mol. The van der Waals surface area contributed by atoms with Crippen LogP contribution in [-0.4, -0.2) is 51.9 Å². The van der Waals surface area contributed by atoms with Gasteiger partial charge in [0.1, 0.15) is 6.04 Å². The normalized spacial score (nSPS) is 17.2. The number of alkyl carbamates (subject to hydrolysis) is 1. The standard InChI is InChI=1S/C12H23NO8S2/c1-7(2)6-21-11(16)13-8(9(14)15)5-12(3,4)10(22(17)18)23(19)20/h7-8,10H,5-6H2,1-4H3,(H,13,16)(H,14,15)(H,17,18)(H,19,20)/p-2. The van der Waals surface area contributed by atoms with Crippen molar-refractivity contribution in [2.75, 3.05) is 6.61 Å². The van der Waals surface area contributed by atoms with Crippen LogP contribution in [0.2, 0.25) is 0 Å². The van der Waals surface area contributed by atoms with E-state index in [2.05, 4.69) is 5.32 Å². The Hall–Kier alpha value is -1.04. The molecule has 9 nitrogen and oxygen atoms in total. The summed E-state index contributed by atoms with van der Waals surface area (Å²) >= 11 is -5.91. The first-order chi connectivity index (χ1) is 10.4. The molecule has 0 aliphatic heterocycles. The Morgan fingerprint density at radius 3 is 2.04 bits per heavy atom. The molecule has 3 unspecified atom stereocenters. The van der Waals surface area contributed by atoms with Gasteiger partial charge in [-0.15, -0.1) is 0 Å². The Morgan fingerprint density at radius 2 is 1.70 bits per heavy atom. The lowest BCUT2D eigenvalue weighted by Gasteiger charge is -2.38. The van der Waals surface area contributed by atoms with E-state index in [0.717, 1.165) is 0 Å². The van der Waals surface area contributed by atoms with Crippen LogP contribution in [0.1, 0.15) is 34.1 Å². The SMILES string of the molecule is CC(C)COC(=O)NC(CC(C)(C)C(S(=O)[O-])S(=O)[O-])C(=O)O. The van der Waals surface area contributed by atoms with Crippen molar-refractivity contribution in [1.82, 2.24) is 5.32 Å². The molecule has 0 heterocycles. The van der Waals surface area contributed by atoms with Crippen LogP contribution in [0.3, 0.4) is 0 Å². The van der Waals surface area contributed by atoms with Gasteiger partial charge in [-0.05, 0) is 39.9 Å². The van der Waals surface area contributed by atoms with Gasteiger partial charge in [-0.25, -0.2) is 9.59 Å². The molecule has 136 valence electrons. The average molecular weight is 371 g/mol. The van der Waals surface area contributed by atoms with Crippen molar-refractivity contribution in [3.63, 3.8) is 0 Å². The first kappa shape index (κ1) is 22.0. The molecule has 0 aliphatic rings. The van der Waals surface area contributed by atoms with Gasteiger partial charge in [0, 0.05) is 0 Å². The lowest BCUT2D eigenvalue weighted by Crippen LogP contribution is -2.48. The molecule has 0 aliphatic carbocycles. The van der Waals surface area contributed by atoms with Crippen LogP contribution in [0.5, 0.6) is 0 Å². The van der Waals surface area contributed by atoms with Gasteiger partial charge in [0.2, 0.25) is 0 Å². The highest BCUT2D eigenvalue weighted by Crippen LogP contribution is 2.32. The molecule has 1 amide bonds. The minimum absolute atomic E-state index is 0.0515. The van der Waals surface area contributed by atoms with Gasteiger partial charge < -0.3 is 24.3 Å². The molecular weight excluding hydrogens is 350 g/mol. The lowest BCUT2D eigenvalue weighted by atomic mass is 9.87. The maximum absolute atomic E-state index is 11.5. The number of rotatable bonds is 9. The van der Waals surface area contributed by atoms with E-state index in [4.69, 9.17) is 9.84 Å². The molecule has 23 heavy (non-hydrogen) atoms. The van der Waals surface area contributed by atoms with Crippen LogP contribution in [0.25, 0.3) is 0 Å². The fraction of sp³-hybridized carbons (Fsp3) is 0.833. The maximum Gasteiger partial charge on any atom is 0.407 e. The summed E-state index contributed by atoms with van der Waals surface area (Å²) in [5.74, 6) is -1.37. The molecule has 2 N–H and O–H groups in total. The zero-order valence-corrected chi connectivity index (χ0v) is 14.9. The van der Waals surface area contributed by atoms with Crippen molar-refractivity contribution in [1.29, 1.82) is 0 Å². The summed E-state index contributed by atoms with van der Waals surface area (Å²) in [6, 6.07) is -1.49. The average Bonchev–Trinajstić information content (AvgIpc) is 2.33. The summed E-state index contributed by atoms with van der Waals surface area (Å²) in [6.07, 6.45) is -1.38. The van der Waals surface area contributed by atoms with Crippen LogP contribution in [0.4, 0.5) is 4.79 Å². The smallest absolute Gasteiger partial charge is 0.407 e. The van der Waals surface area contributed by atoms with Gasteiger partial charge in [0.05, 0.1) is 11.2 Å². The molecule has 0 bridgehead atoms. The summed E-state index contributed by atoms with van der Waals surface area (Å²) in [5, 5.41) is 11.2. The number of amides is 1. The van der Waals surface area contributed by atoms with Crippen LogP contribution < -0.4 is 5.32 Å². The predicted octanol–water partition coefficient (Wildman–Crippen LogP) is 0.322. The van der Waals surface area contributed by atoms with E-state index >= 15 is 0 Å². The fourth-order valence-corrected chi connectivity index (χ4v) is 3.58. The molecule has 0 fully saturated rings. The van der Waals surface area contributed by atoms with Crippen molar-refractivity contribution in [2.45, 2.75) is 44.7 Å². The number of carboxylic acids is 1. The highest BCUT2D eigenvalue weighted by atomic mass is 32.3. The van der Waals surface area contributed by atoms with Crippen molar-refractivity contribution in [2.24, 2.45) is 11.3 Å². The molecule has 0 saturated carbocycles. The van der Waals surface area contributed by atoms with E-state index in [1.54, 1.807) is 13.8 Å². The second-order valence-electron chi connectivity index (χ2n) is 6.07. The maximum atomic E-state index is 11.5. The Balaban J connectivity index is 5.05. The Bertz CT molecular complexity index is 466. The minimum Gasteiger partial charge on any atom is -0.771 e. The molecule has 0 radical (unpaired) electrons. The van der Waals surface area contributed by atoms with E-state index in [1.807, 2.05) is 0 Å². The first-order valence-electron chi connectivity index (χ1n) is 6.70. The summed E-state index contributed by atoms with van der Waals surface area (Å²) in [7, 11) is 0. The van der Waals surface area contributed by atoms with E-state index in [0.29, 0.717) is 0 Å². The van der Waals surface area contributed by atoms with Crippen molar-refractivity contribution in [3.05, 3.63) is 0 Å². The van der Waals surface area contributed by atoms with E-state index in [1.165, 1.54) is 13.8 Å². The Kier molecular flexibility index (Phi) is 8.88. The largest absolute Gasteiger partial charge is 0.771 e. The third kappa shape index (κ3) is 7.86. The number of ether oxygens (including phenoxy) is 1. The van der Waals surface area contributed by atoms with Gasteiger partial charge in [-0.1, -0.05) is 27.7 Å². The van der Waals surface area contributed by atoms with E-state index in [9.17, 15) is 27.1 Å². The summed E-state index contributed by atoms with van der Waals surface area (Å²) in [4.78, 5) is 22.8. The van der Waals surface area contributed by atoms with Gasteiger partial charge in [0.25, 0.3) is 0 Å². The van der Waals surface area contributed by atoms with Crippen LogP contribution in [0.15, 0.2) is 0 Å². The molecule has 0 saturated heterocycles. The van der Waals surface area contributed by atoms with Crippen LogP contribution in [0, 0.1) is 11.3 Å². The van der Waals surface area contributed by atoms with Crippen LogP contribution in [-0.2, 0) is 31.7 Å². The third-order valence-electron chi connectivity index (χ3n) is 2.86. The monoisotopic (exact) mass is 371 g/mol. The van der Waals surface area contributed by atoms with E-state index < -0.39 is 56.7 Å².